The van der Waals surface area contributed by atoms with Gasteiger partial charge < -0.3 is 25.8 Å². The van der Waals surface area contributed by atoms with E-state index in [1.807, 2.05) is 44.2 Å². The topological polar surface area (TPSA) is 117 Å². The number of nitrogens with one attached hydrogen (secondary N) is 3. The molecule has 0 saturated heterocycles. The Bertz CT molecular complexity index is 927. The number of carbonyl (C=O) groups is 3. The lowest BCUT2D eigenvalue weighted by Crippen LogP contribution is -2.51. The highest BCUT2D eigenvalue weighted by atomic mass is 16.5. The first-order chi connectivity index (χ1) is 15.8. The fourth-order valence-electron chi connectivity index (χ4n) is 2.73. The Morgan fingerprint density at radius 2 is 1.73 bits per heavy atom. The van der Waals surface area contributed by atoms with Crippen molar-refractivity contribution in [1.29, 1.82) is 0 Å². The highest BCUT2D eigenvalue weighted by Crippen LogP contribution is 2.16. The smallest absolute Gasteiger partial charge is 0.303 e. The quantitative estimate of drug-likeness (QED) is 0.210. The summed E-state index contributed by atoms with van der Waals surface area (Å²) in [5.41, 5.74) is 1.49. The van der Waals surface area contributed by atoms with Crippen LogP contribution in [0.4, 0.5) is 5.69 Å². The normalized spacial score (nSPS) is 11.7. The Kier molecular flexibility index (Phi) is 10.5. The first kappa shape index (κ1) is 25.5. The van der Waals surface area contributed by atoms with E-state index in [-0.39, 0.29) is 18.2 Å². The molecule has 2 aromatic rings. The Balaban J connectivity index is 1.99. The average molecular weight is 454 g/mol. The lowest BCUT2D eigenvalue weighted by molar-refractivity contribution is -0.137. The maximum Gasteiger partial charge on any atom is 0.303 e. The number of hydrogen-bond donors (Lipinski definition) is 4. The van der Waals surface area contributed by atoms with Crippen molar-refractivity contribution >= 4 is 29.5 Å². The van der Waals surface area contributed by atoms with Crippen LogP contribution in [0.1, 0.15) is 32.3 Å². The third-order valence-electron chi connectivity index (χ3n) is 4.43. The molecular weight excluding hydrogens is 422 g/mol. The van der Waals surface area contributed by atoms with Crippen molar-refractivity contribution in [1.82, 2.24) is 10.6 Å². The minimum atomic E-state index is -0.973. The van der Waals surface area contributed by atoms with Crippen LogP contribution in [0.15, 0.2) is 60.7 Å². The monoisotopic (exact) mass is 453 g/mol. The molecular formula is C25H31N3O5. The summed E-state index contributed by atoms with van der Waals surface area (Å²) in [5.74, 6) is -0.767. The molecule has 0 aliphatic heterocycles. The zero-order valence-electron chi connectivity index (χ0n) is 18.9. The summed E-state index contributed by atoms with van der Waals surface area (Å²) in [5, 5.41) is 17.2. The molecule has 33 heavy (non-hydrogen) atoms. The number of hydrogen-bond acceptors (Lipinski definition) is 5. The third-order valence-corrected chi connectivity index (χ3v) is 4.43. The van der Waals surface area contributed by atoms with Gasteiger partial charge >= 0.3 is 5.97 Å². The van der Waals surface area contributed by atoms with Crippen molar-refractivity contribution in [3.8, 4) is 5.75 Å². The van der Waals surface area contributed by atoms with Crippen molar-refractivity contribution in [3.05, 3.63) is 66.2 Å². The summed E-state index contributed by atoms with van der Waals surface area (Å²) < 4.78 is 5.52. The number of carboxylic acid groups (broad SMARTS) is 1. The first-order valence-electron chi connectivity index (χ1n) is 10.9. The molecule has 2 rings (SSSR count). The van der Waals surface area contributed by atoms with E-state index >= 15 is 0 Å². The van der Waals surface area contributed by atoms with Gasteiger partial charge in [-0.1, -0.05) is 44.2 Å². The average Bonchev–Trinajstić information content (AvgIpc) is 2.80. The largest absolute Gasteiger partial charge is 0.494 e. The van der Waals surface area contributed by atoms with Crippen molar-refractivity contribution in [2.75, 3.05) is 18.5 Å². The van der Waals surface area contributed by atoms with E-state index in [4.69, 9.17) is 9.84 Å². The first-order valence-corrected chi connectivity index (χ1v) is 10.9. The number of anilines is 1. The van der Waals surface area contributed by atoms with E-state index in [2.05, 4.69) is 16.0 Å². The predicted molar refractivity (Wildman–Crippen MR) is 128 cm³/mol. The predicted octanol–water partition coefficient (Wildman–Crippen LogP) is 3.27. The van der Waals surface area contributed by atoms with Crippen LogP contribution >= 0.6 is 0 Å². The van der Waals surface area contributed by atoms with E-state index < -0.39 is 18.0 Å². The number of aliphatic carboxylic acids is 1. The van der Waals surface area contributed by atoms with Gasteiger partial charge in [0.1, 0.15) is 5.75 Å². The molecule has 0 heterocycles. The van der Waals surface area contributed by atoms with E-state index in [1.165, 1.54) is 6.08 Å². The van der Waals surface area contributed by atoms with Gasteiger partial charge in [0.2, 0.25) is 5.91 Å². The van der Waals surface area contributed by atoms with Gasteiger partial charge in [0.25, 0.3) is 5.91 Å². The maximum absolute atomic E-state index is 12.7. The summed E-state index contributed by atoms with van der Waals surface area (Å²) in [7, 11) is 0. The van der Waals surface area contributed by atoms with Gasteiger partial charge in [-0.2, -0.15) is 0 Å². The van der Waals surface area contributed by atoms with Gasteiger partial charge in [0.05, 0.1) is 6.61 Å². The Hall–Kier alpha value is -3.81. The van der Waals surface area contributed by atoms with Crippen molar-refractivity contribution in [2.45, 2.75) is 32.9 Å². The Morgan fingerprint density at radius 1 is 1.03 bits per heavy atom. The highest BCUT2D eigenvalue weighted by molar-refractivity contribution is 5.96. The minimum Gasteiger partial charge on any atom is -0.494 e. The molecule has 2 amide bonds. The van der Waals surface area contributed by atoms with Crippen LogP contribution in [0.2, 0.25) is 0 Å². The van der Waals surface area contributed by atoms with E-state index in [1.54, 1.807) is 30.3 Å². The molecule has 176 valence electrons. The number of carboxylic acids is 1. The maximum atomic E-state index is 12.7. The van der Waals surface area contributed by atoms with Crippen molar-refractivity contribution < 1.29 is 24.2 Å². The van der Waals surface area contributed by atoms with Gasteiger partial charge in [-0.15, -0.1) is 0 Å². The molecule has 8 nitrogen and oxygen atoms in total. The summed E-state index contributed by atoms with van der Waals surface area (Å²) in [6.07, 6.45) is 2.54. The second kappa shape index (κ2) is 13.6. The third kappa shape index (κ3) is 10.4. The molecule has 0 saturated carbocycles. The lowest BCUT2D eigenvalue weighted by Gasteiger charge is -2.21. The second-order valence-corrected chi connectivity index (χ2v) is 7.84. The molecule has 0 aromatic heterocycles. The standard InChI is InChI=1S/C25H31N3O5/c1-18(2)17-26-25(32)24(28-22(29)15-10-19-7-4-3-5-8-19)27-20-11-13-21(14-12-20)33-16-6-9-23(30)31/h3-5,7-8,10-15,18,24,27H,6,9,16-17H2,1-2H3,(H,26,32)(H,28,29)(H,30,31). The number of benzene rings is 2. The second-order valence-electron chi connectivity index (χ2n) is 7.84. The molecule has 2 aromatic carbocycles. The number of amides is 2. The Morgan fingerprint density at radius 3 is 2.36 bits per heavy atom. The number of rotatable bonds is 13. The van der Waals surface area contributed by atoms with Crippen LogP contribution in [-0.4, -0.2) is 42.2 Å². The van der Waals surface area contributed by atoms with Gasteiger partial charge in [-0.05, 0) is 48.2 Å². The molecule has 0 radical (unpaired) electrons. The zero-order chi connectivity index (χ0) is 24.1. The summed E-state index contributed by atoms with van der Waals surface area (Å²) in [6.45, 7) is 4.75. The molecule has 0 aliphatic carbocycles. The van der Waals surface area contributed by atoms with Crippen molar-refractivity contribution in [3.63, 3.8) is 0 Å². The summed E-state index contributed by atoms with van der Waals surface area (Å²) in [4.78, 5) is 35.7. The summed E-state index contributed by atoms with van der Waals surface area (Å²) >= 11 is 0. The van der Waals surface area contributed by atoms with E-state index in [0.29, 0.717) is 31.0 Å². The molecule has 0 spiro atoms. The van der Waals surface area contributed by atoms with E-state index in [9.17, 15) is 14.4 Å². The lowest BCUT2D eigenvalue weighted by atomic mass is 10.2. The summed E-state index contributed by atoms with van der Waals surface area (Å²) in [6, 6.07) is 16.3. The van der Waals surface area contributed by atoms with Crippen LogP contribution in [0, 0.1) is 5.92 Å². The zero-order valence-corrected chi connectivity index (χ0v) is 18.9. The molecule has 1 atom stereocenters. The molecule has 4 N–H and O–H groups in total. The fraction of sp³-hybridized carbons (Fsp3) is 0.320. The van der Waals surface area contributed by atoms with E-state index in [0.717, 1.165) is 5.56 Å². The van der Waals surface area contributed by atoms with Crippen LogP contribution < -0.4 is 20.7 Å². The molecule has 0 aliphatic rings. The van der Waals surface area contributed by atoms with Gasteiger partial charge in [-0.3, -0.25) is 14.4 Å². The number of ether oxygens (including phenoxy) is 1. The van der Waals surface area contributed by atoms with Gasteiger partial charge in [0, 0.05) is 24.7 Å². The molecule has 0 bridgehead atoms. The molecule has 0 fully saturated rings. The van der Waals surface area contributed by atoms with Crippen LogP contribution in [0.3, 0.4) is 0 Å². The Labute approximate surface area is 194 Å². The molecule has 8 heteroatoms. The fourth-order valence-corrected chi connectivity index (χ4v) is 2.73. The molecule has 1 unspecified atom stereocenters. The van der Waals surface area contributed by atoms with Crippen LogP contribution in [-0.2, 0) is 14.4 Å². The SMILES string of the molecule is CC(C)CNC(=O)C(NC(=O)C=Cc1ccccc1)Nc1ccc(OCCCC(=O)O)cc1. The minimum absolute atomic E-state index is 0.0468. The van der Waals surface area contributed by atoms with Crippen LogP contribution in [0.25, 0.3) is 6.08 Å². The van der Waals surface area contributed by atoms with Gasteiger partial charge in [0.15, 0.2) is 6.17 Å². The van der Waals surface area contributed by atoms with Gasteiger partial charge in [-0.25, -0.2) is 0 Å². The van der Waals surface area contributed by atoms with Crippen molar-refractivity contribution in [2.24, 2.45) is 5.92 Å². The number of carbonyl (C=O) groups excluding carboxylic acids is 2. The highest BCUT2D eigenvalue weighted by Gasteiger charge is 2.20. The van der Waals surface area contributed by atoms with Crippen LogP contribution in [0.5, 0.6) is 5.75 Å².